The lowest BCUT2D eigenvalue weighted by Gasteiger charge is -2.23. The molecule has 1 N–H and O–H groups in total. The van der Waals surface area contributed by atoms with Gasteiger partial charge in [-0.25, -0.2) is 4.98 Å². The molecule has 1 aromatic heterocycles. The van der Waals surface area contributed by atoms with Gasteiger partial charge in [-0.1, -0.05) is 30.3 Å². The monoisotopic (exact) mass is 301 g/mol. The number of hydrogen-bond donors (Lipinski definition) is 1. The van der Waals surface area contributed by atoms with Gasteiger partial charge in [0.15, 0.2) is 0 Å². The first-order chi connectivity index (χ1) is 10.4. The van der Waals surface area contributed by atoms with Crippen LogP contribution in [0.15, 0.2) is 47.8 Å². The highest BCUT2D eigenvalue weighted by Crippen LogP contribution is 2.26. The minimum Gasteiger partial charge on any atom is -0.394 e. The third-order valence-electron chi connectivity index (χ3n) is 3.71. The molecule has 1 aromatic carbocycles. The molecule has 2 heterocycles. The lowest BCUT2D eigenvalue weighted by Crippen LogP contribution is -2.32. The fourth-order valence-corrected chi connectivity index (χ4v) is 3.41. The number of benzene rings is 1. The molecule has 1 fully saturated rings. The first-order valence-corrected chi connectivity index (χ1v) is 8.21. The molecular formula is C16H19N3OS. The predicted molar refractivity (Wildman–Crippen MR) is 85.5 cm³/mol. The highest BCUT2D eigenvalue weighted by atomic mass is 32.2. The molecule has 3 rings (SSSR count). The minimum absolute atomic E-state index is 0.184. The van der Waals surface area contributed by atoms with Crippen molar-refractivity contribution in [3.63, 3.8) is 0 Å². The Hall–Kier alpha value is -1.59. The van der Waals surface area contributed by atoms with Gasteiger partial charge in [0.2, 0.25) is 0 Å². The van der Waals surface area contributed by atoms with Gasteiger partial charge in [-0.2, -0.15) is 0 Å². The van der Waals surface area contributed by atoms with Crippen LogP contribution in [-0.2, 0) is 5.75 Å². The van der Waals surface area contributed by atoms with Crippen LogP contribution in [0.25, 0.3) is 0 Å². The molecule has 0 radical (unpaired) electrons. The highest BCUT2D eigenvalue weighted by molar-refractivity contribution is 7.98. The fourth-order valence-electron chi connectivity index (χ4n) is 2.60. The van der Waals surface area contributed by atoms with Crippen LogP contribution in [0, 0.1) is 0 Å². The number of rotatable bonds is 5. The number of nitrogens with zero attached hydrogens (tertiary/aromatic N) is 3. The van der Waals surface area contributed by atoms with Crippen LogP contribution in [0.2, 0.25) is 0 Å². The summed E-state index contributed by atoms with van der Waals surface area (Å²) in [5.41, 5.74) is 1.28. The summed E-state index contributed by atoms with van der Waals surface area (Å²) in [5.74, 6) is 1.77. The smallest absolute Gasteiger partial charge is 0.148 e. The Morgan fingerprint density at radius 1 is 1.24 bits per heavy atom. The normalized spacial score (nSPS) is 18.1. The summed E-state index contributed by atoms with van der Waals surface area (Å²) in [5, 5.41) is 10.4. The summed E-state index contributed by atoms with van der Waals surface area (Å²) in [6.07, 6.45) is 5.73. The maximum absolute atomic E-state index is 9.42. The highest BCUT2D eigenvalue weighted by Gasteiger charge is 2.25. The van der Waals surface area contributed by atoms with Gasteiger partial charge in [0.1, 0.15) is 10.8 Å². The standard InChI is InChI=1S/C16H19N3OS/c20-11-14-7-4-8-19(14)15-9-17-10-16(18-15)21-12-13-5-2-1-3-6-13/h1-3,5-6,9-10,14,20H,4,7-8,11-12H2/t14-/m0/s1. The first kappa shape index (κ1) is 14.4. The molecule has 4 nitrogen and oxygen atoms in total. The van der Waals surface area contributed by atoms with E-state index in [2.05, 4.69) is 27.0 Å². The van der Waals surface area contributed by atoms with Crippen molar-refractivity contribution in [3.05, 3.63) is 48.3 Å². The second-order valence-corrected chi connectivity index (χ2v) is 6.16. The first-order valence-electron chi connectivity index (χ1n) is 7.23. The largest absolute Gasteiger partial charge is 0.394 e. The van der Waals surface area contributed by atoms with Crippen LogP contribution in [0.3, 0.4) is 0 Å². The molecular weight excluding hydrogens is 282 g/mol. The van der Waals surface area contributed by atoms with Gasteiger partial charge in [-0.3, -0.25) is 4.98 Å². The average molecular weight is 301 g/mol. The zero-order valence-electron chi connectivity index (χ0n) is 11.9. The molecule has 1 saturated heterocycles. The van der Waals surface area contributed by atoms with E-state index in [-0.39, 0.29) is 12.6 Å². The fraction of sp³-hybridized carbons (Fsp3) is 0.375. The van der Waals surface area contributed by atoms with Crippen molar-refractivity contribution >= 4 is 17.6 Å². The van der Waals surface area contributed by atoms with E-state index >= 15 is 0 Å². The van der Waals surface area contributed by atoms with Crippen molar-refractivity contribution in [3.8, 4) is 0 Å². The summed E-state index contributed by atoms with van der Waals surface area (Å²) in [7, 11) is 0. The Labute approximate surface area is 129 Å². The quantitative estimate of drug-likeness (QED) is 0.861. The Kier molecular flexibility index (Phi) is 4.72. The summed E-state index contributed by atoms with van der Waals surface area (Å²) in [4.78, 5) is 11.2. The molecule has 21 heavy (non-hydrogen) atoms. The van der Waals surface area contributed by atoms with Crippen LogP contribution < -0.4 is 4.90 Å². The number of anilines is 1. The summed E-state index contributed by atoms with van der Waals surface area (Å²) < 4.78 is 0. The van der Waals surface area contributed by atoms with Gasteiger partial charge in [-0.05, 0) is 18.4 Å². The Morgan fingerprint density at radius 2 is 2.10 bits per heavy atom. The van der Waals surface area contributed by atoms with Crippen LogP contribution in [0.4, 0.5) is 5.82 Å². The van der Waals surface area contributed by atoms with Gasteiger partial charge in [0.05, 0.1) is 25.0 Å². The maximum Gasteiger partial charge on any atom is 0.148 e. The van der Waals surface area contributed by atoms with Gasteiger partial charge < -0.3 is 10.0 Å². The summed E-state index contributed by atoms with van der Waals surface area (Å²) in [6, 6.07) is 10.5. The molecule has 0 unspecified atom stereocenters. The lowest BCUT2D eigenvalue weighted by molar-refractivity contribution is 0.266. The zero-order valence-corrected chi connectivity index (χ0v) is 12.7. The van der Waals surface area contributed by atoms with E-state index in [0.717, 1.165) is 36.0 Å². The van der Waals surface area contributed by atoms with Crippen molar-refractivity contribution in [1.29, 1.82) is 0 Å². The van der Waals surface area contributed by atoms with Gasteiger partial charge in [-0.15, -0.1) is 11.8 Å². The van der Waals surface area contributed by atoms with E-state index in [9.17, 15) is 5.11 Å². The molecule has 0 amide bonds. The Bertz CT molecular complexity index is 579. The molecule has 0 saturated carbocycles. The molecule has 110 valence electrons. The van der Waals surface area contributed by atoms with Crippen molar-refractivity contribution in [2.75, 3.05) is 18.1 Å². The number of aromatic nitrogens is 2. The van der Waals surface area contributed by atoms with E-state index < -0.39 is 0 Å². The van der Waals surface area contributed by atoms with Crippen molar-refractivity contribution in [1.82, 2.24) is 9.97 Å². The molecule has 0 aliphatic carbocycles. The number of hydrogen-bond acceptors (Lipinski definition) is 5. The second kappa shape index (κ2) is 6.91. The number of aliphatic hydroxyl groups excluding tert-OH is 1. The lowest BCUT2D eigenvalue weighted by atomic mass is 10.2. The molecule has 1 aliphatic rings. The zero-order chi connectivity index (χ0) is 14.5. The average Bonchev–Trinajstić information content (AvgIpc) is 3.03. The van der Waals surface area contributed by atoms with E-state index in [1.54, 1.807) is 24.2 Å². The van der Waals surface area contributed by atoms with Crippen LogP contribution >= 0.6 is 11.8 Å². The minimum atomic E-state index is 0.184. The van der Waals surface area contributed by atoms with Crippen molar-refractivity contribution in [2.45, 2.75) is 29.7 Å². The van der Waals surface area contributed by atoms with Gasteiger partial charge in [0, 0.05) is 12.3 Å². The number of thioether (sulfide) groups is 1. The Balaban J connectivity index is 1.68. The van der Waals surface area contributed by atoms with Crippen LogP contribution in [0.5, 0.6) is 0 Å². The summed E-state index contributed by atoms with van der Waals surface area (Å²) in [6.45, 7) is 1.13. The topological polar surface area (TPSA) is 49.2 Å². The maximum atomic E-state index is 9.42. The molecule has 0 spiro atoms. The Morgan fingerprint density at radius 3 is 2.90 bits per heavy atom. The van der Waals surface area contributed by atoms with Crippen LogP contribution in [0.1, 0.15) is 18.4 Å². The molecule has 5 heteroatoms. The second-order valence-electron chi connectivity index (χ2n) is 5.16. The summed E-state index contributed by atoms with van der Waals surface area (Å²) >= 11 is 1.69. The third kappa shape index (κ3) is 3.54. The SMILES string of the molecule is OC[C@@H]1CCCN1c1cncc(SCc2ccccc2)n1. The molecule has 1 atom stereocenters. The molecule has 1 aliphatic heterocycles. The molecule has 2 aromatic rings. The predicted octanol–water partition coefficient (Wildman–Crippen LogP) is 2.73. The molecule has 0 bridgehead atoms. The van der Waals surface area contributed by atoms with E-state index in [1.165, 1.54) is 5.56 Å². The van der Waals surface area contributed by atoms with Gasteiger partial charge in [0.25, 0.3) is 0 Å². The van der Waals surface area contributed by atoms with Crippen LogP contribution in [-0.4, -0.2) is 34.3 Å². The third-order valence-corrected chi connectivity index (χ3v) is 4.68. The van der Waals surface area contributed by atoms with E-state index in [0.29, 0.717) is 0 Å². The van der Waals surface area contributed by atoms with Crippen molar-refractivity contribution < 1.29 is 5.11 Å². The van der Waals surface area contributed by atoms with E-state index in [4.69, 9.17) is 0 Å². The number of aliphatic hydroxyl groups is 1. The van der Waals surface area contributed by atoms with Gasteiger partial charge >= 0.3 is 0 Å². The van der Waals surface area contributed by atoms with Crippen molar-refractivity contribution in [2.24, 2.45) is 0 Å². The van der Waals surface area contributed by atoms with E-state index in [1.807, 2.05) is 18.2 Å².